The Morgan fingerprint density at radius 2 is 1.88 bits per heavy atom. The van der Waals surface area contributed by atoms with Crippen LogP contribution in [0.1, 0.15) is 6.42 Å². The summed E-state index contributed by atoms with van der Waals surface area (Å²) in [6.07, 6.45) is -0.664. The highest BCUT2D eigenvalue weighted by Crippen LogP contribution is 2.17. The highest BCUT2D eigenvalue weighted by Gasteiger charge is 2.31. The topological polar surface area (TPSA) is 60.7 Å². The molecule has 0 saturated heterocycles. The third-order valence-corrected chi connectivity index (χ3v) is 1.36. The van der Waals surface area contributed by atoms with Gasteiger partial charge in [-0.3, -0.25) is 0 Å². The Bertz CT molecular complexity index is 73.7. The fourth-order valence-electron chi connectivity index (χ4n) is 0.785. The first-order chi connectivity index (χ1) is 3.72. The minimum Gasteiger partial charge on any atom is -0.390 e. The van der Waals surface area contributed by atoms with Crippen LogP contribution in [0.4, 0.5) is 0 Å². The van der Waals surface area contributed by atoms with Crippen molar-refractivity contribution >= 4 is 0 Å². The summed E-state index contributed by atoms with van der Waals surface area (Å²) < 4.78 is 0. The molecule has 0 bridgehead atoms. The lowest BCUT2D eigenvalue weighted by atomic mass is 10.2. The van der Waals surface area contributed by atoms with Gasteiger partial charge < -0.3 is 15.3 Å². The molecule has 0 aromatic rings. The summed E-state index contributed by atoms with van der Waals surface area (Å²) in [5.41, 5.74) is 0. The van der Waals surface area contributed by atoms with Crippen LogP contribution >= 0.6 is 0 Å². The molecular formula is C5H9O3. The largest absolute Gasteiger partial charge is 0.390 e. The Hall–Kier alpha value is -0.120. The van der Waals surface area contributed by atoms with Crippen molar-refractivity contribution in [3.8, 4) is 0 Å². The van der Waals surface area contributed by atoms with Crippen molar-refractivity contribution in [2.75, 3.05) is 0 Å². The lowest BCUT2D eigenvalue weighted by Crippen LogP contribution is -2.28. The molecule has 3 N–H and O–H groups in total. The van der Waals surface area contributed by atoms with Gasteiger partial charge in [0.25, 0.3) is 0 Å². The summed E-state index contributed by atoms with van der Waals surface area (Å²) in [4.78, 5) is 0. The molecule has 3 heteroatoms. The van der Waals surface area contributed by atoms with Crippen LogP contribution in [-0.4, -0.2) is 33.6 Å². The number of aliphatic hydroxyl groups is 3. The maximum absolute atomic E-state index is 8.73. The average Bonchev–Trinajstić information content (AvgIpc) is 1.98. The molecule has 8 heavy (non-hydrogen) atoms. The molecule has 0 aromatic heterocycles. The minimum atomic E-state index is -0.963. The van der Waals surface area contributed by atoms with Crippen LogP contribution in [0.3, 0.4) is 0 Å². The van der Waals surface area contributed by atoms with Crippen LogP contribution in [0.15, 0.2) is 0 Å². The number of hydrogen-bond donors (Lipinski definition) is 3. The first kappa shape index (κ1) is 6.01. The molecule has 1 aliphatic rings. The molecule has 1 saturated carbocycles. The minimum absolute atomic E-state index is 0.391. The standard InChI is InChI=1S/C5H9O3/c6-3-1-2-4(7)5(3)8/h1,3-8H,2H2. The van der Waals surface area contributed by atoms with Crippen molar-refractivity contribution in [1.82, 2.24) is 0 Å². The molecule has 1 fully saturated rings. The number of hydrogen-bond acceptors (Lipinski definition) is 3. The second-order valence-corrected chi connectivity index (χ2v) is 2.02. The van der Waals surface area contributed by atoms with E-state index >= 15 is 0 Å². The maximum atomic E-state index is 8.73. The summed E-state index contributed by atoms with van der Waals surface area (Å²) >= 11 is 0. The van der Waals surface area contributed by atoms with E-state index in [1.54, 1.807) is 0 Å². The molecule has 1 radical (unpaired) electrons. The predicted octanol–water partition coefficient (Wildman–Crippen LogP) is -1.32. The van der Waals surface area contributed by atoms with E-state index < -0.39 is 18.3 Å². The van der Waals surface area contributed by atoms with Gasteiger partial charge in [-0.05, 0) is 12.8 Å². The van der Waals surface area contributed by atoms with E-state index in [-0.39, 0.29) is 0 Å². The Labute approximate surface area is 47.6 Å². The quantitative estimate of drug-likeness (QED) is 0.368. The molecule has 1 rings (SSSR count). The summed E-state index contributed by atoms with van der Waals surface area (Å²) in [5.74, 6) is 0. The Kier molecular flexibility index (Phi) is 1.51. The van der Waals surface area contributed by atoms with E-state index in [1.165, 1.54) is 6.42 Å². The summed E-state index contributed by atoms with van der Waals surface area (Å²) in [6.45, 7) is 0. The molecule has 1 aliphatic carbocycles. The SMILES string of the molecule is OC1[CH]CC(O)C1O. The van der Waals surface area contributed by atoms with Gasteiger partial charge in [0, 0.05) is 0 Å². The van der Waals surface area contributed by atoms with E-state index in [0.717, 1.165) is 0 Å². The zero-order chi connectivity index (χ0) is 6.15. The van der Waals surface area contributed by atoms with Crippen molar-refractivity contribution in [3.05, 3.63) is 6.42 Å². The third kappa shape index (κ3) is 0.844. The average molecular weight is 117 g/mol. The van der Waals surface area contributed by atoms with Gasteiger partial charge in [0.2, 0.25) is 0 Å². The molecule has 0 spiro atoms. The van der Waals surface area contributed by atoms with Gasteiger partial charge in [0.1, 0.15) is 6.10 Å². The van der Waals surface area contributed by atoms with Gasteiger partial charge in [-0.15, -0.1) is 0 Å². The normalized spacial score (nSPS) is 47.6. The van der Waals surface area contributed by atoms with E-state index in [9.17, 15) is 0 Å². The van der Waals surface area contributed by atoms with Crippen molar-refractivity contribution in [2.24, 2.45) is 0 Å². The second kappa shape index (κ2) is 2.01. The molecule has 0 heterocycles. The lowest BCUT2D eigenvalue weighted by Gasteiger charge is -2.08. The predicted molar refractivity (Wildman–Crippen MR) is 26.9 cm³/mol. The molecule has 3 atom stereocenters. The van der Waals surface area contributed by atoms with Crippen LogP contribution in [0, 0.1) is 6.42 Å². The first-order valence-electron chi connectivity index (χ1n) is 2.59. The zero-order valence-corrected chi connectivity index (χ0v) is 4.36. The molecule has 3 unspecified atom stereocenters. The van der Waals surface area contributed by atoms with Gasteiger partial charge >= 0.3 is 0 Å². The summed E-state index contributed by atoms with van der Waals surface area (Å²) in [6, 6.07) is 0. The molecule has 0 aliphatic heterocycles. The molecule has 3 nitrogen and oxygen atoms in total. The maximum Gasteiger partial charge on any atom is 0.106 e. The highest BCUT2D eigenvalue weighted by molar-refractivity contribution is 4.96. The van der Waals surface area contributed by atoms with E-state index in [1.807, 2.05) is 0 Å². The van der Waals surface area contributed by atoms with Gasteiger partial charge in [0.15, 0.2) is 0 Å². The van der Waals surface area contributed by atoms with E-state index in [4.69, 9.17) is 15.3 Å². The lowest BCUT2D eigenvalue weighted by molar-refractivity contribution is -0.0139. The van der Waals surface area contributed by atoms with E-state index in [0.29, 0.717) is 6.42 Å². The fraction of sp³-hybridized carbons (Fsp3) is 0.800. The van der Waals surface area contributed by atoms with Crippen LogP contribution < -0.4 is 0 Å². The van der Waals surface area contributed by atoms with Crippen LogP contribution in [0.25, 0.3) is 0 Å². The second-order valence-electron chi connectivity index (χ2n) is 2.02. The van der Waals surface area contributed by atoms with Crippen LogP contribution in [-0.2, 0) is 0 Å². The van der Waals surface area contributed by atoms with Crippen LogP contribution in [0.2, 0.25) is 0 Å². The Balaban J connectivity index is 2.44. The summed E-state index contributed by atoms with van der Waals surface area (Å²) in [5, 5.41) is 26.2. The van der Waals surface area contributed by atoms with Crippen molar-refractivity contribution in [2.45, 2.75) is 24.7 Å². The van der Waals surface area contributed by atoms with Crippen molar-refractivity contribution in [1.29, 1.82) is 0 Å². The van der Waals surface area contributed by atoms with Gasteiger partial charge in [0.05, 0.1) is 12.2 Å². The van der Waals surface area contributed by atoms with E-state index in [2.05, 4.69) is 0 Å². The molecule has 47 valence electrons. The Morgan fingerprint density at radius 1 is 1.25 bits per heavy atom. The van der Waals surface area contributed by atoms with Crippen LogP contribution in [0.5, 0.6) is 0 Å². The molecular weight excluding hydrogens is 108 g/mol. The zero-order valence-electron chi connectivity index (χ0n) is 4.36. The van der Waals surface area contributed by atoms with Gasteiger partial charge in [-0.1, -0.05) is 0 Å². The molecule has 0 amide bonds. The highest BCUT2D eigenvalue weighted by atomic mass is 16.4. The monoisotopic (exact) mass is 117 g/mol. The van der Waals surface area contributed by atoms with Gasteiger partial charge in [-0.25, -0.2) is 0 Å². The fourth-order valence-corrected chi connectivity index (χ4v) is 0.785. The third-order valence-electron chi connectivity index (χ3n) is 1.36. The smallest absolute Gasteiger partial charge is 0.106 e. The number of aliphatic hydroxyl groups excluding tert-OH is 3. The summed E-state index contributed by atoms with van der Waals surface area (Å²) in [7, 11) is 0. The van der Waals surface area contributed by atoms with Crippen molar-refractivity contribution < 1.29 is 15.3 Å². The van der Waals surface area contributed by atoms with Crippen molar-refractivity contribution in [3.63, 3.8) is 0 Å². The first-order valence-corrected chi connectivity index (χ1v) is 2.59. The number of rotatable bonds is 0. The van der Waals surface area contributed by atoms with Gasteiger partial charge in [-0.2, -0.15) is 0 Å². The molecule has 0 aromatic carbocycles. The Morgan fingerprint density at radius 3 is 2.00 bits per heavy atom.